The Kier molecular flexibility index (Phi) is 6.51. The van der Waals surface area contributed by atoms with Crippen LogP contribution in [0.15, 0.2) is 28.7 Å². The van der Waals surface area contributed by atoms with Crippen molar-refractivity contribution in [2.24, 2.45) is 5.92 Å². The van der Waals surface area contributed by atoms with Crippen LogP contribution in [0.2, 0.25) is 0 Å². The molecule has 0 aliphatic carbocycles. The van der Waals surface area contributed by atoms with E-state index < -0.39 is 0 Å². The van der Waals surface area contributed by atoms with Crippen LogP contribution in [0.4, 0.5) is 0 Å². The minimum absolute atomic E-state index is 0.129. The Morgan fingerprint density at radius 2 is 2.29 bits per heavy atom. The maximum absolute atomic E-state index is 11.9. The zero-order valence-electron chi connectivity index (χ0n) is 12.4. The second-order valence-electron chi connectivity index (χ2n) is 5.53. The number of carbonyl (C=O) groups excluding carboxylic acids is 1. The molecule has 1 aliphatic rings. The van der Waals surface area contributed by atoms with Gasteiger partial charge in [0.15, 0.2) is 0 Å². The van der Waals surface area contributed by atoms with E-state index in [4.69, 9.17) is 4.74 Å². The Balaban J connectivity index is 1.64. The fourth-order valence-corrected chi connectivity index (χ4v) is 2.88. The van der Waals surface area contributed by atoms with Crippen LogP contribution in [0, 0.1) is 5.92 Å². The fraction of sp³-hybridized carbons (Fsp3) is 0.562. The summed E-state index contributed by atoms with van der Waals surface area (Å²) in [5.74, 6) is 1.45. The highest BCUT2D eigenvalue weighted by atomic mass is 79.9. The molecular weight excluding hydrogens is 332 g/mol. The number of ether oxygens (including phenoxy) is 1. The summed E-state index contributed by atoms with van der Waals surface area (Å²) < 4.78 is 6.60. The monoisotopic (exact) mass is 354 g/mol. The van der Waals surface area contributed by atoms with Crippen molar-refractivity contribution in [3.63, 3.8) is 0 Å². The lowest BCUT2D eigenvalue weighted by atomic mass is 9.95. The van der Waals surface area contributed by atoms with Crippen molar-refractivity contribution in [3.8, 4) is 5.75 Å². The van der Waals surface area contributed by atoms with E-state index >= 15 is 0 Å². The molecule has 5 heteroatoms. The third-order valence-electron chi connectivity index (χ3n) is 3.77. The number of nitrogens with one attached hydrogen (secondary N) is 2. The van der Waals surface area contributed by atoms with E-state index in [1.165, 1.54) is 0 Å². The zero-order valence-corrected chi connectivity index (χ0v) is 14.0. The molecule has 1 fully saturated rings. The van der Waals surface area contributed by atoms with E-state index in [9.17, 15) is 4.79 Å². The van der Waals surface area contributed by atoms with E-state index in [2.05, 4.69) is 33.5 Å². The molecule has 1 aromatic carbocycles. The predicted molar refractivity (Wildman–Crippen MR) is 87.5 cm³/mol. The summed E-state index contributed by atoms with van der Waals surface area (Å²) in [4.78, 5) is 11.9. The molecule has 1 saturated heterocycles. The maximum Gasteiger partial charge on any atom is 0.220 e. The zero-order chi connectivity index (χ0) is 15.1. The number of piperidine rings is 1. The molecule has 116 valence electrons. The average molecular weight is 355 g/mol. The molecular formula is C16H23BrN2O2. The minimum Gasteiger partial charge on any atom is -0.492 e. The van der Waals surface area contributed by atoms with E-state index in [0.717, 1.165) is 36.2 Å². The maximum atomic E-state index is 11.9. The number of benzene rings is 1. The van der Waals surface area contributed by atoms with Crippen molar-refractivity contribution >= 4 is 21.8 Å². The smallest absolute Gasteiger partial charge is 0.220 e. The van der Waals surface area contributed by atoms with Crippen molar-refractivity contribution in [2.75, 3.05) is 19.7 Å². The van der Waals surface area contributed by atoms with Crippen LogP contribution in [-0.2, 0) is 4.79 Å². The van der Waals surface area contributed by atoms with E-state index in [1.807, 2.05) is 24.3 Å². The molecule has 21 heavy (non-hydrogen) atoms. The second-order valence-corrected chi connectivity index (χ2v) is 6.38. The topological polar surface area (TPSA) is 50.4 Å². The molecule has 2 N–H and O–H groups in total. The normalized spacial score (nSPS) is 21.8. The summed E-state index contributed by atoms with van der Waals surface area (Å²) >= 11 is 3.44. The van der Waals surface area contributed by atoms with Crippen molar-refractivity contribution in [3.05, 3.63) is 28.7 Å². The summed E-state index contributed by atoms with van der Waals surface area (Å²) in [6.07, 6.45) is 2.26. The summed E-state index contributed by atoms with van der Waals surface area (Å²) in [6.45, 7) is 4.70. The van der Waals surface area contributed by atoms with Crippen LogP contribution >= 0.6 is 15.9 Å². The quantitative estimate of drug-likeness (QED) is 0.772. The van der Waals surface area contributed by atoms with Gasteiger partial charge in [0, 0.05) is 12.5 Å². The van der Waals surface area contributed by atoms with Crippen LogP contribution in [0.5, 0.6) is 5.75 Å². The van der Waals surface area contributed by atoms with Gasteiger partial charge in [-0.05, 0) is 59.9 Å². The Morgan fingerprint density at radius 1 is 1.48 bits per heavy atom. The first-order valence-electron chi connectivity index (χ1n) is 7.54. The minimum atomic E-state index is 0.129. The van der Waals surface area contributed by atoms with Gasteiger partial charge in [0.05, 0.1) is 11.1 Å². The summed E-state index contributed by atoms with van der Waals surface area (Å²) in [6, 6.07) is 8.06. The molecule has 0 spiro atoms. The van der Waals surface area contributed by atoms with Gasteiger partial charge in [0.25, 0.3) is 0 Å². The van der Waals surface area contributed by atoms with Gasteiger partial charge < -0.3 is 15.4 Å². The molecule has 0 saturated carbocycles. The lowest BCUT2D eigenvalue weighted by Crippen LogP contribution is -2.48. The van der Waals surface area contributed by atoms with Crippen molar-refractivity contribution in [1.82, 2.24) is 10.6 Å². The molecule has 2 unspecified atom stereocenters. The van der Waals surface area contributed by atoms with Gasteiger partial charge in [-0.25, -0.2) is 0 Å². The van der Waals surface area contributed by atoms with Crippen LogP contribution in [0.25, 0.3) is 0 Å². The van der Waals surface area contributed by atoms with E-state index in [-0.39, 0.29) is 5.91 Å². The first-order chi connectivity index (χ1) is 10.2. The van der Waals surface area contributed by atoms with Gasteiger partial charge in [-0.3, -0.25) is 4.79 Å². The third-order valence-corrected chi connectivity index (χ3v) is 4.43. The number of carbonyl (C=O) groups is 1. The van der Waals surface area contributed by atoms with Crippen molar-refractivity contribution in [1.29, 1.82) is 0 Å². The number of hydrogen-bond donors (Lipinski definition) is 2. The summed E-state index contributed by atoms with van der Waals surface area (Å²) in [5, 5.41) is 6.47. The molecule has 2 rings (SSSR count). The summed E-state index contributed by atoms with van der Waals surface area (Å²) in [5.41, 5.74) is 0. The van der Waals surface area contributed by atoms with Crippen LogP contribution < -0.4 is 15.4 Å². The number of para-hydroxylation sites is 1. The molecule has 1 aromatic rings. The Labute approximate surface area is 134 Å². The van der Waals surface area contributed by atoms with Gasteiger partial charge in [-0.2, -0.15) is 0 Å². The molecule has 0 radical (unpaired) electrons. The van der Waals surface area contributed by atoms with Gasteiger partial charge in [0.1, 0.15) is 5.75 Å². The molecule has 2 atom stereocenters. The molecule has 0 bridgehead atoms. The Hall–Kier alpha value is -1.07. The molecule has 0 aromatic heterocycles. The van der Waals surface area contributed by atoms with Crippen LogP contribution in [0.3, 0.4) is 0 Å². The number of rotatable bonds is 6. The number of hydrogen-bond acceptors (Lipinski definition) is 3. The Morgan fingerprint density at radius 3 is 3.05 bits per heavy atom. The predicted octanol–water partition coefficient (Wildman–Crippen LogP) is 2.72. The lowest BCUT2D eigenvalue weighted by Gasteiger charge is -2.30. The third kappa shape index (κ3) is 5.32. The standard InChI is InChI=1S/C16H23BrN2O2/c1-12-11-18-9-8-14(12)19-16(20)7-4-10-21-15-6-3-2-5-13(15)17/h2-3,5-6,12,14,18H,4,7-11H2,1H3,(H,19,20). The summed E-state index contributed by atoms with van der Waals surface area (Å²) in [7, 11) is 0. The Bertz CT molecular complexity index is 467. The molecule has 1 heterocycles. The van der Waals surface area contributed by atoms with Gasteiger partial charge >= 0.3 is 0 Å². The second kappa shape index (κ2) is 8.39. The van der Waals surface area contributed by atoms with E-state index in [0.29, 0.717) is 25.0 Å². The highest BCUT2D eigenvalue weighted by Gasteiger charge is 2.22. The van der Waals surface area contributed by atoms with Gasteiger partial charge in [-0.1, -0.05) is 19.1 Å². The van der Waals surface area contributed by atoms with Gasteiger partial charge in [0.2, 0.25) is 5.91 Å². The molecule has 1 amide bonds. The lowest BCUT2D eigenvalue weighted by molar-refractivity contribution is -0.122. The fourth-order valence-electron chi connectivity index (χ4n) is 2.48. The van der Waals surface area contributed by atoms with Crippen LogP contribution in [0.1, 0.15) is 26.2 Å². The number of halogens is 1. The SMILES string of the molecule is CC1CNCCC1NC(=O)CCCOc1ccccc1Br. The van der Waals surface area contributed by atoms with Crippen LogP contribution in [-0.4, -0.2) is 31.6 Å². The number of amides is 1. The largest absolute Gasteiger partial charge is 0.492 e. The first kappa shape index (κ1) is 16.3. The van der Waals surface area contributed by atoms with Gasteiger partial charge in [-0.15, -0.1) is 0 Å². The average Bonchev–Trinajstić information content (AvgIpc) is 2.48. The van der Waals surface area contributed by atoms with Crippen molar-refractivity contribution in [2.45, 2.75) is 32.2 Å². The first-order valence-corrected chi connectivity index (χ1v) is 8.33. The van der Waals surface area contributed by atoms with Crippen molar-refractivity contribution < 1.29 is 9.53 Å². The molecule has 4 nitrogen and oxygen atoms in total. The molecule has 1 aliphatic heterocycles. The highest BCUT2D eigenvalue weighted by Crippen LogP contribution is 2.23. The van der Waals surface area contributed by atoms with E-state index in [1.54, 1.807) is 0 Å². The highest BCUT2D eigenvalue weighted by molar-refractivity contribution is 9.10.